The standard InChI is InChI=1S/C17H23BrN2S/c1-4-20(5-2)12-14-7-6-8-15(11-14)19-13(3)16-9-10-17(18)21-16/h6-11,13,19H,4-5,12H2,1-3H3. The van der Waals surface area contributed by atoms with Crippen molar-refractivity contribution in [3.8, 4) is 0 Å². The Kier molecular flexibility index (Phi) is 6.27. The Morgan fingerprint density at radius 2 is 1.95 bits per heavy atom. The molecular weight excluding hydrogens is 344 g/mol. The Balaban J connectivity index is 2.03. The van der Waals surface area contributed by atoms with Crippen LogP contribution in [-0.4, -0.2) is 18.0 Å². The molecule has 0 fully saturated rings. The molecule has 1 aromatic carbocycles. The number of benzene rings is 1. The topological polar surface area (TPSA) is 15.3 Å². The summed E-state index contributed by atoms with van der Waals surface area (Å²) >= 11 is 5.31. The summed E-state index contributed by atoms with van der Waals surface area (Å²) in [6, 6.07) is 13.3. The molecule has 0 radical (unpaired) electrons. The zero-order valence-corrected chi connectivity index (χ0v) is 15.3. The highest BCUT2D eigenvalue weighted by Gasteiger charge is 2.08. The van der Waals surface area contributed by atoms with Crippen molar-refractivity contribution in [2.75, 3.05) is 18.4 Å². The predicted molar refractivity (Wildman–Crippen MR) is 97.1 cm³/mol. The molecule has 2 rings (SSSR count). The molecule has 0 saturated carbocycles. The van der Waals surface area contributed by atoms with Gasteiger partial charge in [-0.25, -0.2) is 0 Å². The van der Waals surface area contributed by atoms with E-state index in [0.29, 0.717) is 6.04 Å². The van der Waals surface area contributed by atoms with Crippen LogP contribution < -0.4 is 5.32 Å². The van der Waals surface area contributed by atoms with Gasteiger partial charge in [-0.2, -0.15) is 0 Å². The van der Waals surface area contributed by atoms with Crippen LogP contribution in [0.1, 0.15) is 37.3 Å². The maximum atomic E-state index is 3.59. The largest absolute Gasteiger partial charge is 0.378 e. The molecule has 1 aromatic heterocycles. The van der Waals surface area contributed by atoms with E-state index in [1.54, 1.807) is 11.3 Å². The van der Waals surface area contributed by atoms with Crippen LogP contribution in [-0.2, 0) is 6.54 Å². The lowest BCUT2D eigenvalue weighted by Crippen LogP contribution is -2.22. The van der Waals surface area contributed by atoms with Crippen molar-refractivity contribution in [2.45, 2.75) is 33.4 Å². The van der Waals surface area contributed by atoms with Gasteiger partial charge in [0.1, 0.15) is 0 Å². The van der Waals surface area contributed by atoms with E-state index in [2.05, 4.69) is 83.3 Å². The van der Waals surface area contributed by atoms with Crippen molar-refractivity contribution in [1.82, 2.24) is 4.90 Å². The summed E-state index contributed by atoms with van der Waals surface area (Å²) in [5.41, 5.74) is 2.56. The van der Waals surface area contributed by atoms with E-state index in [4.69, 9.17) is 0 Å². The summed E-state index contributed by atoms with van der Waals surface area (Å²) in [5, 5.41) is 3.59. The van der Waals surface area contributed by atoms with E-state index in [1.165, 1.54) is 19.9 Å². The number of thiophene rings is 1. The van der Waals surface area contributed by atoms with Gasteiger partial charge in [-0.1, -0.05) is 26.0 Å². The second-order valence-corrected chi connectivity index (χ2v) is 7.66. The second-order valence-electron chi connectivity index (χ2n) is 5.17. The summed E-state index contributed by atoms with van der Waals surface area (Å²) in [6.45, 7) is 9.82. The highest BCUT2D eigenvalue weighted by molar-refractivity contribution is 9.11. The van der Waals surface area contributed by atoms with E-state index in [9.17, 15) is 0 Å². The quantitative estimate of drug-likeness (QED) is 0.693. The monoisotopic (exact) mass is 366 g/mol. The SMILES string of the molecule is CCN(CC)Cc1cccc(NC(C)c2ccc(Br)s2)c1. The van der Waals surface area contributed by atoms with Gasteiger partial charge in [-0.3, -0.25) is 4.90 Å². The highest BCUT2D eigenvalue weighted by Crippen LogP contribution is 2.29. The summed E-state index contributed by atoms with van der Waals surface area (Å²) < 4.78 is 1.18. The van der Waals surface area contributed by atoms with Gasteiger partial charge >= 0.3 is 0 Å². The van der Waals surface area contributed by atoms with Crippen molar-refractivity contribution in [3.05, 3.63) is 50.6 Å². The van der Waals surface area contributed by atoms with Crippen LogP contribution in [0.4, 0.5) is 5.69 Å². The average molecular weight is 367 g/mol. The minimum Gasteiger partial charge on any atom is -0.378 e. The fraction of sp³-hybridized carbons (Fsp3) is 0.412. The minimum absolute atomic E-state index is 0.324. The molecule has 2 aromatic rings. The summed E-state index contributed by atoms with van der Waals surface area (Å²) in [6.07, 6.45) is 0. The van der Waals surface area contributed by atoms with Crippen LogP contribution >= 0.6 is 27.3 Å². The van der Waals surface area contributed by atoms with Crippen molar-refractivity contribution >= 4 is 33.0 Å². The van der Waals surface area contributed by atoms with E-state index < -0.39 is 0 Å². The van der Waals surface area contributed by atoms with E-state index in [0.717, 1.165) is 19.6 Å². The summed E-state index contributed by atoms with van der Waals surface area (Å²) in [7, 11) is 0. The Morgan fingerprint density at radius 1 is 1.19 bits per heavy atom. The first kappa shape index (κ1) is 16.5. The van der Waals surface area contributed by atoms with Crippen molar-refractivity contribution < 1.29 is 0 Å². The zero-order chi connectivity index (χ0) is 15.2. The molecule has 1 atom stereocenters. The minimum atomic E-state index is 0.324. The molecule has 2 nitrogen and oxygen atoms in total. The summed E-state index contributed by atoms with van der Waals surface area (Å²) in [5.74, 6) is 0. The van der Waals surface area contributed by atoms with Gasteiger partial charge in [0.25, 0.3) is 0 Å². The molecule has 114 valence electrons. The van der Waals surface area contributed by atoms with E-state index in [-0.39, 0.29) is 0 Å². The molecule has 1 heterocycles. The number of hydrogen-bond acceptors (Lipinski definition) is 3. The van der Waals surface area contributed by atoms with Crippen molar-refractivity contribution in [3.63, 3.8) is 0 Å². The molecule has 0 amide bonds. The summed E-state index contributed by atoms with van der Waals surface area (Å²) in [4.78, 5) is 3.77. The predicted octanol–water partition coefficient (Wildman–Crippen LogP) is 5.53. The van der Waals surface area contributed by atoms with E-state index in [1.807, 2.05) is 0 Å². The lowest BCUT2D eigenvalue weighted by Gasteiger charge is -2.19. The van der Waals surface area contributed by atoms with Crippen LogP contribution in [0.3, 0.4) is 0 Å². The molecule has 1 N–H and O–H groups in total. The molecular formula is C17H23BrN2S. The second kappa shape index (κ2) is 7.97. The third-order valence-corrected chi connectivity index (χ3v) is 5.44. The smallest absolute Gasteiger partial charge is 0.0702 e. The first-order valence-electron chi connectivity index (χ1n) is 7.45. The molecule has 0 aliphatic rings. The fourth-order valence-corrected chi connectivity index (χ4v) is 3.77. The van der Waals surface area contributed by atoms with Gasteiger partial charge in [-0.15, -0.1) is 11.3 Å². The van der Waals surface area contributed by atoms with Crippen LogP contribution in [0.15, 0.2) is 40.2 Å². The molecule has 4 heteroatoms. The number of anilines is 1. The molecule has 0 aliphatic heterocycles. The average Bonchev–Trinajstić information content (AvgIpc) is 2.92. The van der Waals surface area contributed by atoms with Crippen LogP contribution in [0.5, 0.6) is 0 Å². The van der Waals surface area contributed by atoms with Gasteiger partial charge < -0.3 is 5.32 Å². The van der Waals surface area contributed by atoms with Gasteiger partial charge in [0.15, 0.2) is 0 Å². The highest BCUT2D eigenvalue weighted by atomic mass is 79.9. The third-order valence-electron chi connectivity index (χ3n) is 3.63. The van der Waals surface area contributed by atoms with Crippen molar-refractivity contribution in [1.29, 1.82) is 0 Å². The Bertz CT molecular complexity index is 563. The third kappa shape index (κ3) is 4.83. The molecule has 0 aliphatic carbocycles. The van der Waals surface area contributed by atoms with E-state index >= 15 is 0 Å². The number of nitrogens with one attached hydrogen (secondary N) is 1. The van der Waals surface area contributed by atoms with Crippen LogP contribution in [0, 0.1) is 0 Å². The fourth-order valence-electron chi connectivity index (χ4n) is 2.35. The Hall–Kier alpha value is -0.840. The molecule has 0 bridgehead atoms. The zero-order valence-electron chi connectivity index (χ0n) is 12.9. The van der Waals surface area contributed by atoms with Gasteiger partial charge in [0.2, 0.25) is 0 Å². The van der Waals surface area contributed by atoms with Crippen LogP contribution in [0.25, 0.3) is 0 Å². The van der Waals surface area contributed by atoms with Gasteiger partial charge in [-0.05, 0) is 65.8 Å². The molecule has 1 unspecified atom stereocenters. The molecule has 0 saturated heterocycles. The normalized spacial score (nSPS) is 12.6. The number of hydrogen-bond donors (Lipinski definition) is 1. The number of halogens is 1. The van der Waals surface area contributed by atoms with Crippen LogP contribution in [0.2, 0.25) is 0 Å². The lowest BCUT2D eigenvalue weighted by molar-refractivity contribution is 0.296. The lowest BCUT2D eigenvalue weighted by atomic mass is 10.1. The number of nitrogens with zero attached hydrogens (tertiary/aromatic N) is 1. The first-order chi connectivity index (χ1) is 10.1. The Morgan fingerprint density at radius 3 is 2.57 bits per heavy atom. The van der Waals surface area contributed by atoms with Crippen molar-refractivity contribution in [2.24, 2.45) is 0 Å². The maximum Gasteiger partial charge on any atom is 0.0702 e. The molecule has 21 heavy (non-hydrogen) atoms. The maximum absolute atomic E-state index is 3.59. The van der Waals surface area contributed by atoms with Gasteiger partial charge in [0.05, 0.1) is 9.83 Å². The number of rotatable bonds is 7. The Labute approximate surface area is 140 Å². The molecule has 0 spiro atoms. The first-order valence-corrected chi connectivity index (χ1v) is 9.06. The van der Waals surface area contributed by atoms with Gasteiger partial charge in [0, 0.05) is 17.1 Å².